The van der Waals surface area contributed by atoms with Crippen LogP contribution in [0.5, 0.6) is 0 Å². The van der Waals surface area contributed by atoms with Crippen LogP contribution in [0.2, 0.25) is 0 Å². The molecule has 1 fully saturated rings. The second-order valence-corrected chi connectivity index (χ2v) is 8.88. The quantitative estimate of drug-likeness (QED) is 0.816. The number of aryl methyl sites for hydroxylation is 3. The topological polar surface area (TPSA) is 102 Å². The lowest BCUT2D eigenvalue weighted by Gasteiger charge is -2.26. The number of morpholine rings is 1. The number of aromatic nitrogens is 1. The minimum absolute atomic E-state index is 0.153. The molecule has 3 rings (SSSR count). The van der Waals surface area contributed by atoms with Crippen LogP contribution in [0.3, 0.4) is 0 Å². The van der Waals surface area contributed by atoms with Crippen LogP contribution in [0.4, 0.5) is 5.69 Å². The summed E-state index contributed by atoms with van der Waals surface area (Å²) in [7, 11) is -3.64. The van der Waals surface area contributed by atoms with Gasteiger partial charge in [-0.25, -0.2) is 8.42 Å². The summed E-state index contributed by atoms with van der Waals surface area (Å²) in [5.41, 5.74) is 2.66. The van der Waals surface area contributed by atoms with Crippen molar-refractivity contribution in [3.63, 3.8) is 0 Å². The second kappa shape index (κ2) is 8.02. The SMILES string of the molecule is Cc1ccc(S(=O)(=O)N2CCOCC2)cc1NC(=O)C(C)c1c(C)noc1C. The predicted octanol–water partition coefficient (Wildman–Crippen LogP) is 2.36. The number of benzene rings is 1. The van der Waals surface area contributed by atoms with E-state index in [-0.39, 0.29) is 10.8 Å². The molecule has 1 N–H and O–H groups in total. The van der Waals surface area contributed by atoms with Gasteiger partial charge in [0, 0.05) is 24.3 Å². The Kier molecular flexibility index (Phi) is 5.87. The molecule has 0 spiro atoms. The van der Waals surface area contributed by atoms with Crippen molar-refractivity contribution in [1.29, 1.82) is 0 Å². The van der Waals surface area contributed by atoms with Crippen LogP contribution in [-0.4, -0.2) is 50.1 Å². The van der Waals surface area contributed by atoms with Crippen molar-refractivity contribution in [3.8, 4) is 0 Å². The largest absolute Gasteiger partial charge is 0.379 e. The number of amides is 1. The fourth-order valence-electron chi connectivity index (χ4n) is 3.31. The number of nitrogens with one attached hydrogen (secondary N) is 1. The van der Waals surface area contributed by atoms with E-state index in [0.717, 1.165) is 11.1 Å². The van der Waals surface area contributed by atoms with Crippen LogP contribution in [-0.2, 0) is 19.6 Å². The lowest BCUT2D eigenvalue weighted by atomic mass is 9.98. The number of nitrogens with zero attached hydrogens (tertiary/aromatic N) is 2. The van der Waals surface area contributed by atoms with Gasteiger partial charge in [-0.2, -0.15) is 4.31 Å². The molecule has 8 nitrogen and oxygen atoms in total. The lowest BCUT2D eigenvalue weighted by Crippen LogP contribution is -2.40. The Morgan fingerprint density at radius 2 is 1.89 bits per heavy atom. The monoisotopic (exact) mass is 407 g/mol. The molecule has 152 valence electrons. The van der Waals surface area contributed by atoms with Crippen LogP contribution in [0.1, 0.15) is 35.4 Å². The molecule has 1 aromatic heterocycles. The Morgan fingerprint density at radius 1 is 1.21 bits per heavy atom. The molecule has 0 saturated carbocycles. The number of carbonyl (C=O) groups is 1. The molecular formula is C19H25N3O5S. The van der Waals surface area contributed by atoms with Gasteiger partial charge < -0.3 is 14.6 Å². The number of hydrogen-bond donors (Lipinski definition) is 1. The zero-order valence-corrected chi connectivity index (χ0v) is 17.3. The highest BCUT2D eigenvalue weighted by atomic mass is 32.2. The molecule has 9 heteroatoms. The van der Waals surface area contributed by atoms with Crippen molar-refractivity contribution in [3.05, 3.63) is 40.8 Å². The molecular weight excluding hydrogens is 382 g/mol. The number of anilines is 1. The number of carbonyl (C=O) groups excluding carboxylic acids is 1. The van der Waals surface area contributed by atoms with E-state index in [1.54, 1.807) is 32.9 Å². The maximum Gasteiger partial charge on any atom is 0.243 e. The maximum absolute atomic E-state index is 12.9. The second-order valence-electron chi connectivity index (χ2n) is 6.94. The maximum atomic E-state index is 12.9. The van der Waals surface area contributed by atoms with Gasteiger partial charge in [0.1, 0.15) is 5.76 Å². The summed E-state index contributed by atoms with van der Waals surface area (Å²) >= 11 is 0. The molecule has 1 aromatic carbocycles. The zero-order valence-electron chi connectivity index (χ0n) is 16.5. The van der Waals surface area contributed by atoms with Crippen molar-refractivity contribution >= 4 is 21.6 Å². The van der Waals surface area contributed by atoms with E-state index >= 15 is 0 Å². The molecule has 1 aliphatic heterocycles. The van der Waals surface area contributed by atoms with E-state index in [2.05, 4.69) is 10.5 Å². The van der Waals surface area contributed by atoms with Gasteiger partial charge in [0.2, 0.25) is 15.9 Å². The summed E-state index contributed by atoms with van der Waals surface area (Å²) in [5.74, 6) is -0.135. The molecule has 2 heterocycles. The van der Waals surface area contributed by atoms with E-state index in [4.69, 9.17) is 9.26 Å². The smallest absolute Gasteiger partial charge is 0.243 e. The molecule has 1 aliphatic rings. The summed E-state index contributed by atoms with van der Waals surface area (Å²) in [6, 6.07) is 4.77. The van der Waals surface area contributed by atoms with Gasteiger partial charge in [0.05, 0.1) is 29.7 Å². The van der Waals surface area contributed by atoms with Crippen LogP contribution in [0.15, 0.2) is 27.6 Å². The third-order valence-corrected chi connectivity index (χ3v) is 6.88. The molecule has 1 saturated heterocycles. The number of ether oxygens (including phenoxy) is 1. The molecule has 2 aromatic rings. The van der Waals surface area contributed by atoms with Gasteiger partial charge in [0.25, 0.3) is 0 Å². The van der Waals surface area contributed by atoms with Crippen molar-refractivity contribution in [2.75, 3.05) is 31.6 Å². The van der Waals surface area contributed by atoms with Crippen molar-refractivity contribution < 1.29 is 22.5 Å². The average Bonchev–Trinajstić information content (AvgIpc) is 3.01. The van der Waals surface area contributed by atoms with Gasteiger partial charge in [-0.1, -0.05) is 11.2 Å². The Hall–Kier alpha value is -2.23. The third-order valence-electron chi connectivity index (χ3n) is 4.99. The van der Waals surface area contributed by atoms with Crippen LogP contribution in [0.25, 0.3) is 0 Å². The number of hydrogen-bond acceptors (Lipinski definition) is 6. The molecule has 1 atom stereocenters. The summed E-state index contributed by atoms with van der Waals surface area (Å²) < 4.78 is 37.5. The minimum atomic E-state index is -3.64. The third kappa shape index (κ3) is 3.96. The minimum Gasteiger partial charge on any atom is -0.379 e. The van der Waals surface area contributed by atoms with Crippen LogP contribution >= 0.6 is 0 Å². The zero-order chi connectivity index (χ0) is 20.5. The molecule has 0 bridgehead atoms. The first kappa shape index (κ1) is 20.5. The molecule has 1 amide bonds. The fourth-order valence-corrected chi connectivity index (χ4v) is 4.75. The van der Waals surface area contributed by atoms with Crippen LogP contribution in [0, 0.1) is 20.8 Å². The Balaban J connectivity index is 1.85. The first-order valence-corrected chi connectivity index (χ1v) is 10.6. The van der Waals surface area contributed by atoms with E-state index in [9.17, 15) is 13.2 Å². The van der Waals surface area contributed by atoms with Gasteiger partial charge in [-0.3, -0.25) is 4.79 Å². The van der Waals surface area contributed by atoms with E-state index in [1.165, 1.54) is 10.4 Å². The molecule has 0 aliphatic carbocycles. The predicted molar refractivity (Wildman–Crippen MR) is 104 cm³/mol. The van der Waals surface area contributed by atoms with E-state index in [0.29, 0.717) is 43.4 Å². The fraction of sp³-hybridized carbons (Fsp3) is 0.474. The number of sulfonamides is 1. The Labute approximate surface area is 164 Å². The van der Waals surface area contributed by atoms with Gasteiger partial charge in [-0.05, 0) is 45.4 Å². The van der Waals surface area contributed by atoms with Gasteiger partial charge >= 0.3 is 0 Å². The average molecular weight is 407 g/mol. The van der Waals surface area contributed by atoms with E-state index in [1.807, 2.05) is 6.92 Å². The summed E-state index contributed by atoms with van der Waals surface area (Å²) in [5, 5.41) is 6.74. The highest BCUT2D eigenvalue weighted by Gasteiger charge is 2.28. The Bertz CT molecular complexity index is 958. The van der Waals surface area contributed by atoms with Gasteiger partial charge in [0.15, 0.2) is 0 Å². The van der Waals surface area contributed by atoms with E-state index < -0.39 is 15.9 Å². The first-order chi connectivity index (χ1) is 13.2. The summed E-state index contributed by atoms with van der Waals surface area (Å²) in [6.45, 7) is 8.54. The highest BCUT2D eigenvalue weighted by molar-refractivity contribution is 7.89. The Morgan fingerprint density at radius 3 is 2.50 bits per heavy atom. The highest BCUT2D eigenvalue weighted by Crippen LogP contribution is 2.27. The molecule has 1 unspecified atom stereocenters. The van der Waals surface area contributed by atoms with Crippen molar-refractivity contribution in [2.45, 2.75) is 38.5 Å². The molecule has 0 radical (unpaired) electrons. The standard InChI is InChI=1S/C19H25N3O5S/c1-12-5-6-16(28(24,25)22-7-9-26-10-8-22)11-17(12)20-19(23)13(2)18-14(3)21-27-15(18)4/h5-6,11,13H,7-10H2,1-4H3,(H,20,23). The molecule has 28 heavy (non-hydrogen) atoms. The summed E-state index contributed by atoms with van der Waals surface area (Å²) in [4.78, 5) is 12.9. The van der Waals surface area contributed by atoms with Crippen LogP contribution < -0.4 is 5.32 Å². The first-order valence-electron chi connectivity index (χ1n) is 9.14. The van der Waals surface area contributed by atoms with Crippen molar-refractivity contribution in [2.24, 2.45) is 0 Å². The normalized spacial score (nSPS) is 16.7. The van der Waals surface area contributed by atoms with Gasteiger partial charge in [-0.15, -0.1) is 0 Å². The summed E-state index contributed by atoms with van der Waals surface area (Å²) in [6.07, 6.45) is 0. The number of rotatable bonds is 5. The van der Waals surface area contributed by atoms with Crippen molar-refractivity contribution in [1.82, 2.24) is 9.46 Å². The lowest BCUT2D eigenvalue weighted by molar-refractivity contribution is -0.117.